The van der Waals surface area contributed by atoms with Crippen molar-refractivity contribution in [3.8, 4) is 6.07 Å². The predicted octanol–water partition coefficient (Wildman–Crippen LogP) is 8.68. The number of allylic oxidation sites excluding steroid dienone is 2. The molecule has 0 spiro atoms. The summed E-state index contributed by atoms with van der Waals surface area (Å²) in [5.41, 5.74) is 3.43. The zero-order valence-corrected chi connectivity index (χ0v) is 27.2. The SMILES string of the molecule is CCC(CC(C)=NC(C)C=S)C(=C(C#N)c1cc(F)c(C)cc1C)c1ccc(S(=O)(=O)C(C)CCC(C)C(F)(F)F)cn1. The molecule has 1 heterocycles. The molecule has 0 aliphatic carbocycles. The fraction of sp³-hybridized carbons (Fsp3) is 0.500. The Kier molecular flexibility index (Phi) is 12.8. The van der Waals surface area contributed by atoms with Gasteiger partial charge in [-0.15, -0.1) is 0 Å². The van der Waals surface area contributed by atoms with Crippen molar-refractivity contribution in [3.63, 3.8) is 0 Å². The normalized spacial score (nSPS) is 16.1. The number of sulfone groups is 1. The van der Waals surface area contributed by atoms with Crippen molar-refractivity contribution in [2.24, 2.45) is 16.8 Å². The molecule has 0 saturated carbocycles. The average Bonchev–Trinajstić information content (AvgIpc) is 2.94. The highest BCUT2D eigenvalue weighted by Gasteiger charge is 2.36. The lowest BCUT2D eigenvalue weighted by molar-refractivity contribution is -0.171. The van der Waals surface area contributed by atoms with Crippen molar-refractivity contribution in [2.45, 2.75) is 96.5 Å². The fourth-order valence-electron chi connectivity index (χ4n) is 4.88. The maximum atomic E-state index is 14.7. The summed E-state index contributed by atoms with van der Waals surface area (Å²) in [4.78, 5) is 8.92. The lowest BCUT2D eigenvalue weighted by Gasteiger charge is -2.22. The lowest BCUT2D eigenvalue weighted by atomic mass is 9.82. The zero-order valence-electron chi connectivity index (χ0n) is 25.6. The molecular formula is C32H39F4N3O2S2. The van der Waals surface area contributed by atoms with Crippen LogP contribution in [0.4, 0.5) is 17.6 Å². The van der Waals surface area contributed by atoms with Crippen LogP contribution in [0, 0.1) is 42.8 Å². The minimum Gasteiger partial charge on any atom is -0.286 e. The van der Waals surface area contributed by atoms with Gasteiger partial charge in [-0.1, -0.05) is 32.1 Å². The summed E-state index contributed by atoms with van der Waals surface area (Å²) in [6, 6.07) is 7.91. The molecule has 234 valence electrons. The van der Waals surface area contributed by atoms with E-state index >= 15 is 0 Å². The first-order valence-electron chi connectivity index (χ1n) is 14.1. The van der Waals surface area contributed by atoms with Gasteiger partial charge in [0.25, 0.3) is 0 Å². The van der Waals surface area contributed by atoms with Crippen molar-refractivity contribution in [3.05, 3.63) is 58.7 Å². The molecule has 0 N–H and O–H groups in total. The van der Waals surface area contributed by atoms with Crippen LogP contribution in [-0.2, 0) is 9.84 Å². The third-order valence-electron chi connectivity index (χ3n) is 7.66. The third-order valence-corrected chi connectivity index (χ3v) is 10.2. The van der Waals surface area contributed by atoms with Crippen molar-refractivity contribution in [1.82, 2.24) is 4.98 Å². The minimum absolute atomic E-state index is 0.126. The summed E-state index contributed by atoms with van der Waals surface area (Å²) in [6.07, 6.45) is -2.68. The van der Waals surface area contributed by atoms with Gasteiger partial charge in [0.05, 0.1) is 33.4 Å². The van der Waals surface area contributed by atoms with Crippen LogP contribution in [0.3, 0.4) is 0 Å². The molecule has 11 heteroatoms. The third kappa shape index (κ3) is 9.26. The second-order valence-electron chi connectivity index (χ2n) is 11.1. The molecule has 0 amide bonds. The second-order valence-corrected chi connectivity index (χ2v) is 13.8. The van der Waals surface area contributed by atoms with Gasteiger partial charge in [0.1, 0.15) is 11.9 Å². The van der Waals surface area contributed by atoms with E-state index in [1.54, 1.807) is 25.3 Å². The van der Waals surface area contributed by atoms with Gasteiger partial charge in [-0.3, -0.25) is 9.98 Å². The van der Waals surface area contributed by atoms with Gasteiger partial charge in [0.15, 0.2) is 9.84 Å². The van der Waals surface area contributed by atoms with Crippen LogP contribution in [0.15, 0.2) is 40.4 Å². The largest absolute Gasteiger partial charge is 0.391 e. The van der Waals surface area contributed by atoms with Gasteiger partial charge in [0.2, 0.25) is 0 Å². The first-order chi connectivity index (χ1) is 20.0. The number of aromatic nitrogens is 1. The molecule has 1 aromatic carbocycles. The molecule has 5 nitrogen and oxygen atoms in total. The highest BCUT2D eigenvalue weighted by atomic mass is 32.2. The summed E-state index contributed by atoms with van der Waals surface area (Å²) in [5.74, 6) is -2.36. The maximum Gasteiger partial charge on any atom is 0.391 e. The molecule has 0 saturated heterocycles. The number of halogens is 4. The molecule has 0 aliphatic heterocycles. The first kappa shape index (κ1) is 36.2. The number of thiocarbonyl (C=S) groups is 1. The average molecular weight is 638 g/mol. The van der Waals surface area contributed by atoms with Crippen LogP contribution >= 0.6 is 12.2 Å². The maximum absolute atomic E-state index is 14.7. The molecule has 0 bridgehead atoms. The number of aryl methyl sites for hydroxylation is 2. The standard InChI is InChI=1S/C32H39F4N3O2S2/c1-8-25(14-22(5)39-23(6)18-42)31(28(16-37)27-15-29(33)20(3)13-19(27)2)30-12-11-26(17-38-30)43(40,41)24(7)10-9-21(4)32(34,35)36/h11-13,15,17-18,21,23-25H,8-10,14H2,1-7H3. The number of benzene rings is 1. The molecule has 2 rings (SSSR count). The number of rotatable bonds is 13. The number of nitriles is 1. The van der Waals surface area contributed by atoms with Crippen molar-refractivity contribution >= 4 is 44.3 Å². The van der Waals surface area contributed by atoms with Gasteiger partial charge < -0.3 is 0 Å². The van der Waals surface area contributed by atoms with Crippen LogP contribution in [0.2, 0.25) is 0 Å². The van der Waals surface area contributed by atoms with Gasteiger partial charge in [0, 0.05) is 17.3 Å². The summed E-state index contributed by atoms with van der Waals surface area (Å²) in [6.45, 7) is 11.5. The predicted molar refractivity (Wildman–Crippen MR) is 168 cm³/mol. The quantitative estimate of drug-likeness (QED) is 0.0950. The highest BCUT2D eigenvalue weighted by Crippen LogP contribution is 2.37. The number of alkyl halides is 3. The molecular weight excluding hydrogens is 598 g/mol. The van der Waals surface area contributed by atoms with Crippen molar-refractivity contribution in [2.75, 3.05) is 0 Å². The zero-order chi connectivity index (χ0) is 32.7. The Bertz CT molecular complexity index is 1510. The molecule has 0 radical (unpaired) electrons. The highest BCUT2D eigenvalue weighted by molar-refractivity contribution is 7.92. The van der Waals surface area contributed by atoms with Gasteiger partial charge in [-0.05, 0) is 107 Å². The van der Waals surface area contributed by atoms with Crippen LogP contribution in [0.25, 0.3) is 11.1 Å². The molecule has 0 fully saturated rings. The number of hydrogen-bond acceptors (Lipinski definition) is 6. The van der Waals surface area contributed by atoms with E-state index in [1.807, 2.05) is 20.8 Å². The van der Waals surface area contributed by atoms with Crippen molar-refractivity contribution < 1.29 is 26.0 Å². The Morgan fingerprint density at radius 2 is 1.79 bits per heavy atom. The van der Waals surface area contributed by atoms with E-state index in [4.69, 9.17) is 12.2 Å². The molecule has 43 heavy (non-hydrogen) atoms. The number of aliphatic imine (C=N–C) groups is 1. The van der Waals surface area contributed by atoms with E-state index in [0.29, 0.717) is 40.8 Å². The first-order valence-corrected chi connectivity index (χ1v) is 16.2. The number of hydrogen-bond donors (Lipinski definition) is 0. The Labute approximate surface area is 258 Å². The van der Waals surface area contributed by atoms with Gasteiger partial charge >= 0.3 is 6.18 Å². The fourth-order valence-corrected chi connectivity index (χ4v) is 6.31. The summed E-state index contributed by atoms with van der Waals surface area (Å²) >= 11 is 5.00. The van der Waals surface area contributed by atoms with E-state index in [9.17, 15) is 31.2 Å². The summed E-state index contributed by atoms with van der Waals surface area (Å²) in [7, 11) is -3.97. The van der Waals surface area contributed by atoms with E-state index in [0.717, 1.165) is 12.6 Å². The second kappa shape index (κ2) is 15.2. The number of pyridine rings is 1. The molecule has 4 unspecified atom stereocenters. The monoisotopic (exact) mass is 637 g/mol. The van der Waals surface area contributed by atoms with E-state index in [2.05, 4.69) is 16.0 Å². The molecule has 4 atom stereocenters. The van der Waals surface area contributed by atoms with E-state index < -0.39 is 33.0 Å². The minimum atomic E-state index is -4.40. The van der Waals surface area contributed by atoms with Crippen LogP contribution in [0.1, 0.15) is 82.7 Å². The number of nitrogens with zero attached hydrogens (tertiary/aromatic N) is 3. The van der Waals surface area contributed by atoms with Crippen LogP contribution in [0.5, 0.6) is 0 Å². The smallest absolute Gasteiger partial charge is 0.286 e. The molecule has 1 aromatic heterocycles. The van der Waals surface area contributed by atoms with Gasteiger partial charge in [-0.25, -0.2) is 12.8 Å². The van der Waals surface area contributed by atoms with Crippen molar-refractivity contribution in [1.29, 1.82) is 5.26 Å². The molecule has 2 aromatic rings. The van der Waals surface area contributed by atoms with Crippen LogP contribution < -0.4 is 0 Å². The summed E-state index contributed by atoms with van der Waals surface area (Å²) < 4.78 is 80.0. The molecule has 0 aliphatic rings. The topological polar surface area (TPSA) is 83.2 Å². The van der Waals surface area contributed by atoms with E-state index in [1.165, 1.54) is 31.3 Å². The van der Waals surface area contributed by atoms with Gasteiger partial charge in [-0.2, -0.15) is 18.4 Å². The Morgan fingerprint density at radius 1 is 1.14 bits per heavy atom. The Morgan fingerprint density at radius 3 is 2.30 bits per heavy atom. The lowest BCUT2D eigenvalue weighted by Crippen LogP contribution is -2.24. The summed E-state index contributed by atoms with van der Waals surface area (Å²) in [5, 5.41) is 10.9. The Hall–Kier alpha value is -2.97. The Balaban J connectivity index is 2.66. The van der Waals surface area contributed by atoms with Crippen LogP contribution in [-0.4, -0.2) is 41.9 Å². The van der Waals surface area contributed by atoms with E-state index in [-0.39, 0.29) is 35.3 Å².